The summed E-state index contributed by atoms with van der Waals surface area (Å²) in [6.45, 7) is 9.16. The van der Waals surface area contributed by atoms with Crippen LogP contribution < -0.4 is 10.6 Å². The third-order valence-electron chi connectivity index (χ3n) is 8.10. The van der Waals surface area contributed by atoms with Crippen LogP contribution in [0.4, 0.5) is 5.69 Å². The minimum Gasteiger partial charge on any atom is -0.368 e. The monoisotopic (exact) mass is 495 g/mol. The predicted molar refractivity (Wildman–Crippen MR) is 141 cm³/mol. The zero-order chi connectivity index (χ0) is 25.2. The summed E-state index contributed by atoms with van der Waals surface area (Å²) in [6, 6.07) is 3.68. The summed E-state index contributed by atoms with van der Waals surface area (Å²) in [4.78, 5) is 33.6. The van der Waals surface area contributed by atoms with Crippen molar-refractivity contribution >= 4 is 28.5 Å². The number of likely N-dealkylation sites (tertiary alicyclic amines) is 1. The van der Waals surface area contributed by atoms with Gasteiger partial charge in [-0.3, -0.25) is 9.59 Å². The van der Waals surface area contributed by atoms with Gasteiger partial charge in [0, 0.05) is 38.2 Å². The van der Waals surface area contributed by atoms with E-state index in [1.807, 2.05) is 19.2 Å². The summed E-state index contributed by atoms with van der Waals surface area (Å²) in [5.74, 6) is 2.41. The fourth-order valence-electron chi connectivity index (χ4n) is 5.85. The van der Waals surface area contributed by atoms with Crippen LogP contribution in [0.15, 0.2) is 12.1 Å². The zero-order valence-corrected chi connectivity index (χ0v) is 22.0. The van der Waals surface area contributed by atoms with Crippen molar-refractivity contribution in [2.24, 2.45) is 18.9 Å². The third kappa shape index (κ3) is 5.44. The number of nitrogens with one attached hydrogen (secondary N) is 2. The first-order chi connectivity index (χ1) is 17.4. The van der Waals surface area contributed by atoms with E-state index in [0.29, 0.717) is 42.2 Å². The lowest BCUT2D eigenvalue weighted by molar-refractivity contribution is -0.124. The van der Waals surface area contributed by atoms with E-state index in [1.165, 1.54) is 6.42 Å². The van der Waals surface area contributed by atoms with Crippen LogP contribution in [0.5, 0.6) is 0 Å². The third-order valence-corrected chi connectivity index (χ3v) is 8.10. The van der Waals surface area contributed by atoms with Crippen molar-refractivity contribution in [3.05, 3.63) is 23.5 Å². The highest BCUT2D eigenvalue weighted by atomic mass is 16.5. The molecule has 5 rings (SSSR count). The smallest absolute Gasteiger partial charge is 0.253 e. The molecule has 0 unspecified atom stereocenters. The molecule has 3 heterocycles. The topological polar surface area (TPSA) is 88.5 Å². The summed E-state index contributed by atoms with van der Waals surface area (Å²) in [6.07, 6.45) is 6.91. The standard InChI is InChI=1S/C28H41N5O3/c1-18(2)17-33-11-9-19(10-12-33)16-29-27(34)21-14-22-25(32(3)26(30-22)20-6-4-7-20)23(15-21)31-28(35)24-8-5-13-36-24/h14-15,18-20,24H,4-13,16-17H2,1-3H3,(H,29,34)(H,31,35)/t24-/m0/s1. The Hall–Kier alpha value is -2.45. The molecule has 1 aliphatic carbocycles. The quantitative estimate of drug-likeness (QED) is 0.577. The van der Waals surface area contributed by atoms with Crippen molar-refractivity contribution < 1.29 is 14.3 Å². The second-order valence-corrected chi connectivity index (χ2v) is 11.4. The van der Waals surface area contributed by atoms with Gasteiger partial charge in [0.05, 0.1) is 16.7 Å². The lowest BCUT2D eigenvalue weighted by Crippen LogP contribution is -2.40. The summed E-state index contributed by atoms with van der Waals surface area (Å²) in [7, 11) is 2.01. The molecule has 1 saturated carbocycles. The molecule has 2 N–H and O–H groups in total. The molecule has 8 heteroatoms. The van der Waals surface area contributed by atoms with E-state index in [-0.39, 0.29) is 11.8 Å². The minimum atomic E-state index is -0.432. The summed E-state index contributed by atoms with van der Waals surface area (Å²) >= 11 is 0. The maximum Gasteiger partial charge on any atom is 0.253 e. The minimum absolute atomic E-state index is 0.107. The van der Waals surface area contributed by atoms with Crippen molar-refractivity contribution in [2.75, 3.05) is 38.1 Å². The number of aromatic nitrogens is 2. The fourth-order valence-corrected chi connectivity index (χ4v) is 5.85. The van der Waals surface area contributed by atoms with Gasteiger partial charge in [0.1, 0.15) is 11.9 Å². The molecule has 1 atom stereocenters. The van der Waals surface area contributed by atoms with Gasteiger partial charge in [-0.05, 0) is 75.6 Å². The second kappa shape index (κ2) is 10.9. The van der Waals surface area contributed by atoms with E-state index < -0.39 is 6.10 Å². The van der Waals surface area contributed by atoms with Crippen molar-refractivity contribution in [3.63, 3.8) is 0 Å². The van der Waals surface area contributed by atoms with Gasteiger partial charge < -0.3 is 24.8 Å². The SMILES string of the molecule is CC(C)CN1CCC(CNC(=O)c2cc(NC(=O)[C@@H]3CCCO3)c3c(c2)nc(C2CCC2)n3C)CC1. The van der Waals surface area contributed by atoms with Crippen LogP contribution in [0.2, 0.25) is 0 Å². The Morgan fingerprint density at radius 1 is 1.11 bits per heavy atom. The van der Waals surface area contributed by atoms with Crippen LogP contribution >= 0.6 is 0 Å². The molecule has 2 aromatic rings. The van der Waals surface area contributed by atoms with E-state index in [2.05, 4.69) is 33.9 Å². The molecule has 2 saturated heterocycles. The number of amides is 2. The van der Waals surface area contributed by atoms with Crippen LogP contribution in [0.1, 0.15) is 80.9 Å². The van der Waals surface area contributed by atoms with Gasteiger partial charge in [0.2, 0.25) is 0 Å². The molecule has 0 radical (unpaired) electrons. The molecule has 0 bridgehead atoms. The highest BCUT2D eigenvalue weighted by Gasteiger charge is 2.29. The van der Waals surface area contributed by atoms with Crippen LogP contribution in [0.3, 0.4) is 0 Å². The molecular weight excluding hydrogens is 454 g/mol. The number of hydrogen-bond acceptors (Lipinski definition) is 5. The summed E-state index contributed by atoms with van der Waals surface area (Å²) < 4.78 is 7.69. The second-order valence-electron chi connectivity index (χ2n) is 11.4. The molecule has 2 amide bonds. The van der Waals surface area contributed by atoms with Gasteiger partial charge >= 0.3 is 0 Å². The van der Waals surface area contributed by atoms with Gasteiger partial charge in [-0.1, -0.05) is 20.3 Å². The number of fused-ring (bicyclic) bond motifs is 1. The van der Waals surface area contributed by atoms with Gasteiger partial charge in [0.25, 0.3) is 11.8 Å². The molecule has 1 aromatic heterocycles. The number of benzene rings is 1. The number of imidazole rings is 1. The van der Waals surface area contributed by atoms with E-state index in [1.54, 1.807) is 0 Å². The van der Waals surface area contributed by atoms with Crippen molar-refractivity contribution in [3.8, 4) is 0 Å². The van der Waals surface area contributed by atoms with Gasteiger partial charge in [0.15, 0.2) is 0 Å². The molecule has 0 spiro atoms. The number of ether oxygens (including phenoxy) is 1. The molecule has 36 heavy (non-hydrogen) atoms. The fraction of sp³-hybridized carbons (Fsp3) is 0.679. The number of aryl methyl sites for hydroxylation is 1. The maximum absolute atomic E-state index is 13.2. The molecule has 8 nitrogen and oxygen atoms in total. The van der Waals surface area contributed by atoms with Crippen LogP contribution in [-0.2, 0) is 16.6 Å². The van der Waals surface area contributed by atoms with Crippen LogP contribution in [0, 0.1) is 11.8 Å². The highest BCUT2D eigenvalue weighted by Crippen LogP contribution is 2.38. The Morgan fingerprint density at radius 2 is 1.89 bits per heavy atom. The molecule has 3 aliphatic rings. The van der Waals surface area contributed by atoms with Crippen molar-refractivity contribution in [2.45, 2.75) is 70.8 Å². The van der Waals surface area contributed by atoms with E-state index in [0.717, 1.165) is 75.0 Å². The first-order valence-electron chi connectivity index (χ1n) is 13.8. The van der Waals surface area contributed by atoms with Crippen LogP contribution in [-0.4, -0.2) is 65.2 Å². The van der Waals surface area contributed by atoms with Gasteiger partial charge in [-0.25, -0.2) is 4.98 Å². The summed E-state index contributed by atoms with van der Waals surface area (Å²) in [5, 5.41) is 6.23. The van der Waals surface area contributed by atoms with Crippen LogP contribution in [0.25, 0.3) is 11.0 Å². The number of nitrogens with zero attached hydrogens (tertiary/aromatic N) is 3. The van der Waals surface area contributed by atoms with Crippen molar-refractivity contribution in [1.29, 1.82) is 0 Å². The normalized spacial score (nSPS) is 21.7. The Morgan fingerprint density at radius 3 is 2.53 bits per heavy atom. The number of hydrogen-bond donors (Lipinski definition) is 2. The molecule has 2 aliphatic heterocycles. The number of rotatable bonds is 8. The molecule has 196 valence electrons. The van der Waals surface area contributed by atoms with Gasteiger partial charge in [-0.15, -0.1) is 0 Å². The van der Waals surface area contributed by atoms with Crippen molar-refractivity contribution in [1.82, 2.24) is 19.8 Å². The largest absolute Gasteiger partial charge is 0.368 e. The Labute approximate surface area is 214 Å². The molecule has 3 fully saturated rings. The number of carbonyl (C=O) groups excluding carboxylic acids is 2. The number of anilines is 1. The number of carbonyl (C=O) groups is 2. The first-order valence-corrected chi connectivity index (χ1v) is 13.8. The van der Waals surface area contributed by atoms with E-state index in [9.17, 15) is 9.59 Å². The Bertz CT molecular complexity index is 1090. The summed E-state index contributed by atoms with van der Waals surface area (Å²) in [5.41, 5.74) is 2.82. The van der Waals surface area contributed by atoms with Gasteiger partial charge in [-0.2, -0.15) is 0 Å². The first kappa shape index (κ1) is 25.2. The average molecular weight is 496 g/mol. The Balaban J connectivity index is 1.32. The Kier molecular flexibility index (Phi) is 7.62. The molecular formula is C28H41N5O3. The van der Waals surface area contributed by atoms with E-state index >= 15 is 0 Å². The zero-order valence-electron chi connectivity index (χ0n) is 22.0. The number of piperidine rings is 1. The molecule has 1 aromatic carbocycles. The van der Waals surface area contributed by atoms with E-state index in [4.69, 9.17) is 9.72 Å². The predicted octanol–water partition coefficient (Wildman–Crippen LogP) is 4.06. The average Bonchev–Trinajstić information content (AvgIpc) is 3.46. The maximum atomic E-state index is 13.2. The lowest BCUT2D eigenvalue weighted by Gasteiger charge is -2.33. The lowest BCUT2D eigenvalue weighted by atomic mass is 9.85. The highest BCUT2D eigenvalue weighted by molar-refractivity contribution is 6.06.